The summed E-state index contributed by atoms with van der Waals surface area (Å²) in [4.78, 5) is 0. The zero-order valence-corrected chi connectivity index (χ0v) is 17.7. The monoisotopic (exact) mass is 427 g/mol. The number of quaternary nitrogens is 1. The molecule has 3 aromatic carbocycles. The predicted octanol–water partition coefficient (Wildman–Crippen LogP) is 0.148. The first-order valence-electron chi connectivity index (χ1n) is 9.90. The first-order chi connectivity index (χ1) is 14.3. The standard InChI is InChI=1S/C24H25NO4.ClH/c1-26-21-12-11-19(18-7-3-2-4-8-18)15-24(21)27-14-13-25-16-20-17-28-22-9-5-6-10-23(22)29-20;/h2-12,15,20,25H,13-14,16-17H2,1H3;1H/t20-;/m0./s1. The van der Waals surface area contributed by atoms with Crippen molar-refractivity contribution >= 4 is 0 Å². The van der Waals surface area contributed by atoms with Gasteiger partial charge in [-0.25, -0.2) is 0 Å². The van der Waals surface area contributed by atoms with Crippen LogP contribution >= 0.6 is 0 Å². The van der Waals surface area contributed by atoms with Gasteiger partial charge in [0.05, 0.1) is 7.11 Å². The lowest BCUT2D eigenvalue weighted by Gasteiger charge is -2.25. The molecule has 0 aromatic heterocycles. The molecule has 0 bridgehead atoms. The van der Waals surface area contributed by atoms with E-state index in [9.17, 15) is 0 Å². The summed E-state index contributed by atoms with van der Waals surface area (Å²) in [6, 6.07) is 24.1. The van der Waals surface area contributed by atoms with Gasteiger partial charge in [-0.05, 0) is 35.4 Å². The minimum atomic E-state index is 0. The fourth-order valence-corrected chi connectivity index (χ4v) is 3.33. The second-order valence-corrected chi connectivity index (χ2v) is 6.89. The molecule has 0 spiro atoms. The summed E-state index contributed by atoms with van der Waals surface area (Å²) in [6.07, 6.45) is 0.0424. The summed E-state index contributed by atoms with van der Waals surface area (Å²) in [5.41, 5.74) is 2.26. The Morgan fingerprint density at radius 3 is 2.47 bits per heavy atom. The molecule has 2 N–H and O–H groups in total. The lowest BCUT2D eigenvalue weighted by Crippen LogP contribution is -3.00. The van der Waals surface area contributed by atoms with Crippen molar-refractivity contribution in [2.24, 2.45) is 0 Å². The summed E-state index contributed by atoms with van der Waals surface area (Å²) in [5, 5.41) is 2.19. The average Bonchev–Trinajstić information content (AvgIpc) is 2.79. The van der Waals surface area contributed by atoms with Crippen molar-refractivity contribution in [2.75, 3.05) is 33.4 Å². The van der Waals surface area contributed by atoms with E-state index in [1.54, 1.807) is 7.11 Å². The number of nitrogens with two attached hydrogens (primary N) is 1. The number of para-hydroxylation sites is 2. The minimum absolute atomic E-state index is 0. The number of methoxy groups -OCH3 is 1. The Kier molecular flexibility index (Phi) is 7.82. The number of halogens is 1. The van der Waals surface area contributed by atoms with E-state index in [1.807, 2.05) is 60.7 Å². The highest BCUT2D eigenvalue weighted by molar-refractivity contribution is 5.67. The van der Waals surface area contributed by atoms with E-state index in [1.165, 1.54) is 0 Å². The van der Waals surface area contributed by atoms with Gasteiger partial charge >= 0.3 is 0 Å². The van der Waals surface area contributed by atoms with Crippen molar-refractivity contribution in [3.8, 4) is 34.1 Å². The SMILES string of the molecule is COc1ccc(-c2ccccc2)cc1OCC[NH2+]C[C@H]1COc2ccccc2O1.[Cl-]. The minimum Gasteiger partial charge on any atom is -1.00 e. The van der Waals surface area contributed by atoms with E-state index in [0.29, 0.717) is 13.2 Å². The lowest BCUT2D eigenvalue weighted by atomic mass is 10.1. The topological polar surface area (TPSA) is 53.5 Å². The van der Waals surface area contributed by atoms with Crippen molar-refractivity contribution < 1.29 is 36.7 Å². The molecule has 0 aliphatic carbocycles. The summed E-state index contributed by atoms with van der Waals surface area (Å²) >= 11 is 0. The van der Waals surface area contributed by atoms with Crippen LogP contribution < -0.4 is 36.7 Å². The van der Waals surface area contributed by atoms with Crippen LogP contribution in [0.5, 0.6) is 23.0 Å². The first-order valence-corrected chi connectivity index (χ1v) is 9.90. The molecule has 0 unspecified atom stereocenters. The Balaban J connectivity index is 0.00000256. The van der Waals surface area contributed by atoms with Crippen LogP contribution in [-0.4, -0.2) is 39.5 Å². The summed E-state index contributed by atoms with van der Waals surface area (Å²) < 4.78 is 23.2. The van der Waals surface area contributed by atoms with Gasteiger partial charge in [0.2, 0.25) is 0 Å². The Morgan fingerprint density at radius 2 is 1.67 bits per heavy atom. The fraction of sp³-hybridized carbons (Fsp3) is 0.250. The molecule has 1 atom stereocenters. The molecule has 1 heterocycles. The van der Waals surface area contributed by atoms with Gasteiger partial charge in [-0.2, -0.15) is 0 Å². The van der Waals surface area contributed by atoms with Crippen LogP contribution in [-0.2, 0) is 0 Å². The van der Waals surface area contributed by atoms with Crippen molar-refractivity contribution in [1.82, 2.24) is 0 Å². The van der Waals surface area contributed by atoms with Gasteiger partial charge in [0, 0.05) is 0 Å². The highest BCUT2D eigenvalue weighted by Gasteiger charge is 2.21. The van der Waals surface area contributed by atoms with Gasteiger partial charge in [-0.1, -0.05) is 48.5 Å². The zero-order chi connectivity index (χ0) is 19.9. The Labute approximate surface area is 183 Å². The zero-order valence-electron chi connectivity index (χ0n) is 16.9. The molecule has 0 fully saturated rings. The van der Waals surface area contributed by atoms with Gasteiger partial charge < -0.3 is 36.7 Å². The van der Waals surface area contributed by atoms with E-state index in [0.717, 1.165) is 47.2 Å². The Bertz CT molecular complexity index is 935. The van der Waals surface area contributed by atoms with Gasteiger partial charge in [-0.15, -0.1) is 0 Å². The third-order valence-electron chi connectivity index (χ3n) is 4.85. The van der Waals surface area contributed by atoms with Crippen LogP contribution in [0.25, 0.3) is 11.1 Å². The maximum Gasteiger partial charge on any atom is 0.181 e. The number of fused-ring (bicyclic) bond motifs is 1. The maximum atomic E-state index is 6.01. The molecule has 1 aliphatic rings. The van der Waals surface area contributed by atoms with E-state index < -0.39 is 0 Å². The number of hydrogen-bond donors (Lipinski definition) is 1. The molecule has 0 saturated carbocycles. The van der Waals surface area contributed by atoms with Gasteiger partial charge in [0.25, 0.3) is 0 Å². The molecule has 0 radical (unpaired) electrons. The second kappa shape index (κ2) is 10.8. The van der Waals surface area contributed by atoms with Crippen LogP contribution in [0.1, 0.15) is 0 Å². The van der Waals surface area contributed by atoms with Gasteiger partial charge in [-0.3, -0.25) is 0 Å². The predicted molar refractivity (Wildman–Crippen MR) is 112 cm³/mol. The number of rotatable bonds is 8. The molecule has 0 saturated heterocycles. The van der Waals surface area contributed by atoms with Crippen molar-refractivity contribution in [3.63, 3.8) is 0 Å². The lowest BCUT2D eigenvalue weighted by molar-refractivity contribution is -0.661. The Morgan fingerprint density at radius 1 is 0.900 bits per heavy atom. The maximum absolute atomic E-state index is 6.01. The summed E-state index contributed by atoms with van der Waals surface area (Å²) in [5.74, 6) is 3.13. The van der Waals surface area contributed by atoms with E-state index in [2.05, 4.69) is 17.4 Å². The highest BCUT2D eigenvalue weighted by Crippen LogP contribution is 2.32. The highest BCUT2D eigenvalue weighted by atomic mass is 35.5. The largest absolute Gasteiger partial charge is 1.00 e. The molecule has 4 rings (SSSR count). The van der Waals surface area contributed by atoms with Crippen LogP contribution in [0, 0.1) is 0 Å². The molecule has 3 aromatic rings. The third kappa shape index (κ3) is 5.38. The molecule has 5 nitrogen and oxygen atoms in total. The van der Waals surface area contributed by atoms with Crippen LogP contribution in [0.2, 0.25) is 0 Å². The molecular weight excluding hydrogens is 402 g/mol. The van der Waals surface area contributed by atoms with E-state index in [4.69, 9.17) is 18.9 Å². The molecule has 30 heavy (non-hydrogen) atoms. The normalized spacial score (nSPS) is 14.5. The van der Waals surface area contributed by atoms with Crippen LogP contribution in [0.15, 0.2) is 72.8 Å². The quantitative estimate of drug-likeness (QED) is 0.520. The van der Waals surface area contributed by atoms with E-state index in [-0.39, 0.29) is 18.5 Å². The molecule has 6 heteroatoms. The summed E-state index contributed by atoms with van der Waals surface area (Å²) in [7, 11) is 1.66. The molecule has 1 aliphatic heterocycles. The second-order valence-electron chi connectivity index (χ2n) is 6.89. The van der Waals surface area contributed by atoms with Gasteiger partial charge in [0.1, 0.15) is 26.3 Å². The number of benzene rings is 3. The van der Waals surface area contributed by atoms with Crippen molar-refractivity contribution in [3.05, 3.63) is 72.8 Å². The summed E-state index contributed by atoms with van der Waals surface area (Å²) in [6.45, 7) is 2.79. The molecule has 158 valence electrons. The Hall–Kier alpha value is -2.89. The van der Waals surface area contributed by atoms with Crippen LogP contribution in [0.3, 0.4) is 0 Å². The van der Waals surface area contributed by atoms with Crippen LogP contribution in [0.4, 0.5) is 0 Å². The van der Waals surface area contributed by atoms with Crippen molar-refractivity contribution in [2.45, 2.75) is 6.10 Å². The number of ether oxygens (including phenoxy) is 4. The average molecular weight is 428 g/mol. The fourth-order valence-electron chi connectivity index (χ4n) is 3.33. The molecule has 0 amide bonds. The van der Waals surface area contributed by atoms with E-state index >= 15 is 0 Å². The molecular formula is C24H26ClNO4. The first kappa shape index (κ1) is 21.8. The van der Waals surface area contributed by atoms with Gasteiger partial charge in [0.15, 0.2) is 29.1 Å². The smallest absolute Gasteiger partial charge is 0.181 e. The van der Waals surface area contributed by atoms with Crippen molar-refractivity contribution in [1.29, 1.82) is 0 Å². The number of hydrogen-bond acceptors (Lipinski definition) is 4. The third-order valence-corrected chi connectivity index (χ3v) is 4.85.